The molecule has 1 aliphatic carbocycles. The lowest BCUT2D eigenvalue weighted by Gasteiger charge is -2.30. The fraction of sp³-hybridized carbons (Fsp3) is 0.857. The Morgan fingerprint density at radius 1 is 1.50 bits per heavy atom. The van der Waals surface area contributed by atoms with Gasteiger partial charge in [0.15, 0.2) is 0 Å². The highest BCUT2D eigenvalue weighted by Gasteiger charge is 2.42. The predicted octanol–water partition coefficient (Wildman–Crippen LogP) is 0.834. The highest BCUT2D eigenvalue weighted by atomic mass is 19.3. The Bertz CT molecular complexity index is 196. The molecule has 12 heavy (non-hydrogen) atoms. The number of rotatable bonds is 1. The number of carboxylic acids is 1. The first-order valence-electron chi connectivity index (χ1n) is 3.77. The number of hydrogen-bond acceptors (Lipinski definition) is 2. The summed E-state index contributed by atoms with van der Waals surface area (Å²) in [4.78, 5) is 10.4. The third kappa shape index (κ3) is 2.14. The van der Waals surface area contributed by atoms with Gasteiger partial charge in [0, 0.05) is 18.9 Å². The van der Waals surface area contributed by atoms with Crippen LogP contribution in [0.1, 0.15) is 19.3 Å². The molecule has 1 aliphatic rings. The van der Waals surface area contributed by atoms with Crippen LogP contribution in [0.4, 0.5) is 8.78 Å². The van der Waals surface area contributed by atoms with Crippen LogP contribution in [-0.4, -0.2) is 23.0 Å². The average Bonchev–Trinajstić information content (AvgIpc) is 1.82. The van der Waals surface area contributed by atoms with Gasteiger partial charge in [-0.15, -0.1) is 0 Å². The zero-order chi connectivity index (χ0) is 9.35. The van der Waals surface area contributed by atoms with Gasteiger partial charge in [0.2, 0.25) is 0 Å². The molecule has 1 saturated carbocycles. The second-order valence-corrected chi connectivity index (χ2v) is 3.30. The van der Waals surface area contributed by atoms with E-state index in [0.717, 1.165) is 0 Å². The van der Waals surface area contributed by atoms with Crippen molar-refractivity contribution in [3.63, 3.8) is 0 Å². The number of carboxylic acid groups (broad SMARTS) is 1. The van der Waals surface area contributed by atoms with Crippen LogP contribution >= 0.6 is 0 Å². The molecule has 0 bridgehead atoms. The van der Waals surface area contributed by atoms with Crippen molar-refractivity contribution in [1.29, 1.82) is 0 Å². The van der Waals surface area contributed by atoms with Crippen molar-refractivity contribution < 1.29 is 18.7 Å². The van der Waals surface area contributed by atoms with Gasteiger partial charge in [-0.2, -0.15) is 0 Å². The van der Waals surface area contributed by atoms with E-state index in [1.54, 1.807) is 0 Å². The van der Waals surface area contributed by atoms with Crippen molar-refractivity contribution in [1.82, 2.24) is 0 Å². The number of nitrogens with two attached hydrogens (primary N) is 1. The van der Waals surface area contributed by atoms with E-state index in [-0.39, 0.29) is 6.42 Å². The van der Waals surface area contributed by atoms with Crippen LogP contribution in [0.5, 0.6) is 0 Å². The smallest absolute Gasteiger partial charge is 0.306 e. The topological polar surface area (TPSA) is 63.3 Å². The summed E-state index contributed by atoms with van der Waals surface area (Å²) in [6, 6.07) is -0.685. The summed E-state index contributed by atoms with van der Waals surface area (Å²) in [5.41, 5.74) is 5.30. The number of carbonyl (C=O) groups is 1. The first kappa shape index (κ1) is 9.38. The van der Waals surface area contributed by atoms with E-state index in [2.05, 4.69) is 0 Å². The average molecular weight is 179 g/mol. The van der Waals surface area contributed by atoms with Crippen molar-refractivity contribution in [3.05, 3.63) is 0 Å². The van der Waals surface area contributed by atoms with E-state index >= 15 is 0 Å². The van der Waals surface area contributed by atoms with Crippen LogP contribution in [0.3, 0.4) is 0 Å². The van der Waals surface area contributed by atoms with Gasteiger partial charge in [-0.1, -0.05) is 0 Å². The van der Waals surface area contributed by atoms with E-state index in [0.29, 0.717) is 0 Å². The minimum atomic E-state index is -2.90. The molecule has 0 radical (unpaired) electrons. The summed E-state index contributed by atoms with van der Waals surface area (Å²) < 4.78 is 25.4. The molecule has 2 unspecified atom stereocenters. The molecule has 0 aromatic rings. The molecular weight excluding hydrogens is 168 g/mol. The zero-order valence-corrected chi connectivity index (χ0v) is 6.46. The molecule has 0 spiro atoms. The molecule has 3 N–H and O–H groups in total. The highest BCUT2D eigenvalue weighted by molar-refractivity contribution is 5.70. The second-order valence-electron chi connectivity index (χ2n) is 3.30. The van der Waals surface area contributed by atoms with E-state index in [1.165, 1.54) is 0 Å². The van der Waals surface area contributed by atoms with Gasteiger partial charge in [0.05, 0.1) is 5.92 Å². The summed E-state index contributed by atoms with van der Waals surface area (Å²) in [7, 11) is 0. The number of alkyl halides is 2. The Kier molecular flexibility index (Phi) is 2.32. The summed E-state index contributed by atoms with van der Waals surface area (Å²) in [6.45, 7) is 0. The van der Waals surface area contributed by atoms with Gasteiger partial charge in [-0.05, 0) is 6.42 Å². The number of halogens is 2. The Labute approximate surface area is 68.5 Å². The zero-order valence-electron chi connectivity index (χ0n) is 6.46. The molecule has 0 saturated heterocycles. The van der Waals surface area contributed by atoms with Crippen molar-refractivity contribution in [2.75, 3.05) is 0 Å². The van der Waals surface area contributed by atoms with Gasteiger partial charge in [-0.25, -0.2) is 8.78 Å². The Morgan fingerprint density at radius 3 is 2.50 bits per heavy atom. The fourth-order valence-corrected chi connectivity index (χ4v) is 1.55. The minimum Gasteiger partial charge on any atom is -0.481 e. The molecule has 0 aliphatic heterocycles. The Hall–Kier alpha value is -0.710. The maximum Gasteiger partial charge on any atom is 0.306 e. The van der Waals surface area contributed by atoms with Gasteiger partial charge >= 0.3 is 5.97 Å². The van der Waals surface area contributed by atoms with Gasteiger partial charge in [0.1, 0.15) is 0 Å². The van der Waals surface area contributed by atoms with Crippen molar-refractivity contribution in [2.24, 2.45) is 11.7 Å². The number of hydrogen-bond donors (Lipinski definition) is 2. The normalized spacial score (nSPS) is 34.6. The maximum absolute atomic E-state index is 12.7. The second kappa shape index (κ2) is 2.97. The Morgan fingerprint density at radius 2 is 2.08 bits per heavy atom. The fourth-order valence-electron chi connectivity index (χ4n) is 1.55. The molecule has 2 atom stereocenters. The van der Waals surface area contributed by atoms with Crippen LogP contribution < -0.4 is 5.73 Å². The minimum absolute atomic E-state index is 0.158. The van der Waals surface area contributed by atoms with Crippen molar-refractivity contribution in [2.45, 2.75) is 31.2 Å². The molecule has 1 fully saturated rings. The van der Waals surface area contributed by atoms with Crippen molar-refractivity contribution in [3.8, 4) is 0 Å². The third-order valence-corrected chi connectivity index (χ3v) is 2.04. The van der Waals surface area contributed by atoms with Gasteiger partial charge < -0.3 is 10.8 Å². The summed E-state index contributed by atoms with van der Waals surface area (Å²) in [5.74, 6) is -5.06. The molecule has 70 valence electrons. The van der Waals surface area contributed by atoms with E-state index in [4.69, 9.17) is 10.8 Å². The van der Waals surface area contributed by atoms with Crippen LogP contribution in [0.2, 0.25) is 0 Å². The van der Waals surface area contributed by atoms with E-state index in [1.807, 2.05) is 0 Å². The number of aliphatic carboxylic acids is 1. The lowest BCUT2D eigenvalue weighted by molar-refractivity contribution is -0.149. The standard InChI is InChI=1S/C7H11F2NO2/c8-7(9)2-4(6(11)12)1-5(10)3-7/h4-5H,1-3,10H2,(H,11,12). The van der Waals surface area contributed by atoms with E-state index in [9.17, 15) is 13.6 Å². The molecule has 3 nitrogen and oxygen atoms in total. The Balaban J connectivity index is 2.64. The van der Waals surface area contributed by atoms with Crippen molar-refractivity contribution >= 4 is 5.97 Å². The molecular formula is C7H11F2NO2. The monoisotopic (exact) mass is 179 g/mol. The summed E-state index contributed by atoms with van der Waals surface area (Å²) in [5, 5.41) is 8.50. The highest BCUT2D eigenvalue weighted by Crippen LogP contribution is 2.36. The third-order valence-electron chi connectivity index (χ3n) is 2.04. The lowest BCUT2D eigenvalue weighted by atomic mass is 9.84. The largest absolute Gasteiger partial charge is 0.481 e. The van der Waals surface area contributed by atoms with Crippen LogP contribution in [0, 0.1) is 5.92 Å². The lowest BCUT2D eigenvalue weighted by Crippen LogP contribution is -2.41. The first-order valence-corrected chi connectivity index (χ1v) is 3.77. The molecule has 0 amide bonds. The van der Waals surface area contributed by atoms with Crippen LogP contribution in [0.15, 0.2) is 0 Å². The maximum atomic E-state index is 12.7. The van der Waals surface area contributed by atoms with Crippen LogP contribution in [0.25, 0.3) is 0 Å². The van der Waals surface area contributed by atoms with E-state index < -0.39 is 36.7 Å². The molecule has 0 aromatic carbocycles. The van der Waals surface area contributed by atoms with Gasteiger partial charge in [0.25, 0.3) is 5.92 Å². The van der Waals surface area contributed by atoms with Gasteiger partial charge in [-0.3, -0.25) is 4.79 Å². The molecule has 0 aromatic heterocycles. The van der Waals surface area contributed by atoms with Crippen LogP contribution in [-0.2, 0) is 4.79 Å². The summed E-state index contributed by atoms with van der Waals surface area (Å²) >= 11 is 0. The predicted molar refractivity (Wildman–Crippen MR) is 37.9 cm³/mol. The molecule has 1 rings (SSSR count). The SMILES string of the molecule is NC1CC(C(=O)O)CC(F)(F)C1. The quantitative estimate of drug-likeness (QED) is 0.626. The molecule has 5 heteroatoms. The summed E-state index contributed by atoms with van der Waals surface area (Å²) in [6.07, 6.45) is -0.808. The first-order chi connectivity index (χ1) is 5.41. The molecule has 0 heterocycles.